The van der Waals surface area contributed by atoms with E-state index >= 15 is 0 Å². The standard InChI is InChI=1S/C19H23NO2/c1-4-22-13-16-6-5-7-18(11-16)20-19(21)12-17-10-14(2)8-9-15(17)3/h5-11H,4,12-13H2,1-3H3,(H,20,21). The van der Waals surface area contributed by atoms with Crippen LogP contribution in [0.1, 0.15) is 29.2 Å². The molecule has 0 bridgehead atoms. The van der Waals surface area contributed by atoms with Gasteiger partial charge in [-0.2, -0.15) is 0 Å². The summed E-state index contributed by atoms with van der Waals surface area (Å²) in [5.74, 6) is 0.00209. The summed E-state index contributed by atoms with van der Waals surface area (Å²) in [5.41, 5.74) is 5.26. The van der Waals surface area contributed by atoms with E-state index in [2.05, 4.69) is 23.5 Å². The molecule has 116 valence electrons. The highest BCUT2D eigenvalue weighted by Crippen LogP contribution is 2.15. The zero-order chi connectivity index (χ0) is 15.9. The maximum absolute atomic E-state index is 12.2. The molecule has 0 spiro atoms. The van der Waals surface area contributed by atoms with Gasteiger partial charge in [-0.3, -0.25) is 4.79 Å². The lowest BCUT2D eigenvalue weighted by molar-refractivity contribution is -0.115. The Hall–Kier alpha value is -2.13. The lowest BCUT2D eigenvalue weighted by Gasteiger charge is -2.10. The Morgan fingerprint density at radius 1 is 1.14 bits per heavy atom. The second-order valence-corrected chi connectivity index (χ2v) is 5.49. The van der Waals surface area contributed by atoms with Crippen LogP contribution in [0.25, 0.3) is 0 Å². The number of hydrogen-bond acceptors (Lipinski definition) is 2. The van der Waals surface area contributed by atoms with E-state index in [4.69, 9.17) is 4.74 Å². The number of carbonyl (C=O) groups is 1. The molecule has 2 aromatic rings. The number of hydrogen-bond donors (Lipinski definition) is 1. The first-order valence-corrected chi connectivity index (χ1v) is 7.61. The number of amides is 1. The van der Waals surface area contributed by atoms with Crippen molar-refractivity contribution in [3.05, 3.63) is 64.7 Å². The van der Waals surface area contributed by atoms with Gasteiger partial charge in [-0.15, -0.1) is 0 Å². The van der Waals surface area contributed by atoms with Crippen LogP contribution in [0.4, 0.5) is 5.69 Å². The van der Waals surface area contributed by atoms with Crippen LogP contribution in [0.5, 0.6) is 0 Å². The largest absolute Gasteiger partial charge is 0.377 e. The quantitative estimate of drug-likeness (QED) is 0.874. The number of aryl methyl sites for hydroxylation is 2. The Kier molecular flexibility index (Phi) is 5.73. The van der Waals surface area contributed by atoms with E-state index in [0.717, 1.165) is 22.4 Å². The summed E-state index contributed by atoms with van der Waals surface area (Å²) in [6.45, 7) is 7.29. The third kappa shape index (κ3) is 4.71. The van der Waals surface area contributed by atoms with E-state index in [1.54, 1.807) is 0 Å². The fourth-order valence-corrected chi connectivity index (χ4v) is 2.33. The first-order valence-electron chi connectivity index (χ1n) is 7.61. The molecule has 2 aromatic carbocycles. The van der Waals surface area contributed by atoms with Gasteiger partial charge in [0, 0.05) is 12.3 Å². The van der Waals surface area contributed by atoms with Crippen molar-refractivity contribution in [3.63, 3.8) is 0 Å². The fraction of sp³-hybridized carbons (Fsp3) is 0.316. The summed E-state index contributed by atoms with van der Waals surface area (Å²) in [6.07, 6.45) is 0.392. The molecular weight excluding hydrogens is 274 g/mol. The number of benzene rings is 2. The molecule has 1 N–H and O–H groups in total. The van der Waals surface area contributed by atoms with Gasteiger partial charge in [-0.1, -0.05) is 35.9 Å². The predicted octanol–water partition coefficient (Wildman–Crippen LogP) is 4.02. The van der Waals surface area contributed by atoms with Crippen molar-refractivity contribution in [2.45, 2.75) is 33.8 Å². The van der Waals surface area contributed by atoms with Crippen LogP contribution in [0.15, 0.2) is 42.5 Å². The number of ether oxygens (including phenoxy) is 1. The average Bonchev–Trinajstić information content (AvgIpc) is 2.49. The average molecular weight is 297 g/mol. The minimum atomic E-state index is 0.00209. The first kappa shape index (κ1) is 16.2. The maximum Gasteiger partial charge on any atom is 0.228 e. The smallest absolute Gasteiger partial charge is 0.228 e. The van der Waals surface area contributed by atoms with E-state index in [9.17, 15) is 4.79 Å². The van der Waals surface area contributed by atoms with Gasteiger partial charge < -0.3 is 10.1 Å². The van der Waals surface area contributed by atoms with Gasteiger partial charge >= 0.3 is 0 Å². The zero-order valence-corrected chi connectivity index (χ0v) is 13.5. The molecule has 22 heavy (non-hydrogen) atoms. The van der Waals surface area contributed by atoms with Gasteiger partial charge in [0.15, 0.2) is 0 Å². The van der Waals surface area contributed by atoms with Crippen molar-refractivity contribution in [2.75, 3.05) is 11.9 Å². The minimum Gasteiger partial charge on any atom is -0.377 e. The Labute approximate surface area is 132 Å². The van der Waals surface area contributed by atoms with E-state index in [1.165, 1.54) is 5.56 Å². The van der Waals surface area contributed by atoms with Gasteiger partial charge in [0.25, 0.3) is 0 Å². The van der Waals surface area contributed by atoms with Gasteiger partial charge in [-0.05, 0) is 49.6 Å². The van der Waals surface area contributed by atoms with Crippen LogP contribution < -0.4 is 5.32 Å². The molecule has 0 radical (unpaired) electrons. The second kappa shape index (κ2) is 7.76. The van der Waals surface area contributed by atoms with Gasteiger partial charge in [-0.25, -0.2) is 0 Å². The summed E-state index contributed by atoms with van der Waals surface area (Å²) in [5, 5.41) is 2.96. The van der Waals surface area contributed by atoms with Gasteiger partial charge in [0.1, 0.15) is 0 Å². The van der Waals surface area contributed by atoms with E-state index in [1.807, 2.05) is 45.0 Å². The normalized spacial score (nSPS) is 10.5. The minimum absolute atomic E-state index is 0.00209. The van der Waals surface area contributed by atoms with Crippen molar-refractivity contribution in [1.29, 1.82) is 0 Å². The van der Waals surface area contributed by atoms with Crippen LogP contribution in [0.3, 0.4) is 0 Å². The van der Waals surface area contributed by atoms with E-state index in [-0.39, 0.29) is 5.91 Å². The SMILES string of the molecule is CCOCc1cccc(NC(=O)Cc2cc(C)ccc2C)c1. The topological polar surface area (TPSA) is 38.3 Å². The lowest BCUT2D eigenvalue weighted by Crippen LogP contribution is -2.15. The van der Waals surface area contributed by atoms with Crippen molar-refractivity contribution in [1.82, 2.24) is 0 Å². The molecule has 0 heterocycles. The summed E-state index contributed by atoms with van der Waals surface area (Å²) >= 11 is 0. The third-order valence-electron chi connectivity index (χ3n) is 3.54. The summed E-state index contributed by atoms with van der Waals surface area (Å²) in [7, 11) is 0. The molecule has 0 saturated heterocycles. The molecule has 0 unspecified atom stereocenters. The summed E-state index contributed by atoms with van der Waals surface area (Å²) < 4.78 is 5.39. The second-order valence-electron chi connectivity index (χ2n) is 5.49. The summed E-state index contributed by atoms with van der Waals surface area (Å²) in [4.78, 5) is 12.2. The molecule has 0 aromatic heterocycles. The fourth-order valence-electron chi connectivity index (χ4n) is 2.33. The highest BCUT2D eigenvalue weighted by molar-refractivity contribution is 5.92. The molecule has 0 aliphatic carbocycles. The number of carbonyl (C=O) groups excluding carboxylic acids is 1. The first-order chi connectivity index (χ1) is 10.6. The van der Waals surface area contributed by atoms with Crippen molar-refractivity contribution in [2.24, 2.45) is 0 Å². The van der Waals surface area contributed by atoms with Crippen LogP contribution in [-0.2, 0) is 22.6 Å². The molecule has 0 saturated carbocycles. The Morgan fingerprint density at radius 2 is 1.95 bits per heavy atom. The van der Waals surface area contributed by atoms with E-state index < -0.39 is 0 Å². The number of rotatable bonds is 6. The Balaban J connectivity index is 2.01. The zero-order valence-electron chi connectivity index (χ0n) is 13.5. The molecule has 1 amide bonds. The van der Waals surface area contributed by atoms with Crippen LogP contribution in [0.2, 0.25) is 0 Å². The van der Waals surface area contributed by atoms with Crippen molar-refractivity contribution >= 4 is 11.6 Å². The monoisotopic (exact) mass is 297 g/mol. The molecule has 0 aliphatic heterocycles. The highest BCUT2D eigenvalue weighted by Gasteiger charge is 2.07. The van der Waals surface area contributed by atoms with Crippen LogP contribution >= 0.6 is 0 Å². The van der Waals surface area contributed by atoms with Crippen molar-refractivity contribution < 1.29 is 9.53 Å². The molecule has 0 aliphatic rings. The van der Waals surface area contributed by atoms with Crippen molar-refractivity contribution in [3.8, 4) is 0 Å². The highest BCUT2D eigenvalue weighted by atomic mass is 16.5. The number of anilines is 1. The predicted molar refractivity (Wildman–Crippen MR) is 90.0 cm³/mol. The summed E-state index contributed by atoms with van der Waals surface area (Å²) in [6, 6.07) is 14.0. The molecule has 3 heteroatoms. The Bertz CT molecular complexity index is 650. The number of nitrogens with one attached hydrogen (secondary N) is 1. The Morgan fingerprint density at radius 3 is 2.73 bits per heavy atom. The molecule has 0 atom stereocenters. The van der Waals surface area contributed by atoms with Crippen LogP contribution in [-0.4, -0.2) is 12.5 Å². The van der Waals surface area contributed by atoms with Gasteiger partial charge in [0.05, 0.1) is 13.0 Å². The van der Waals surface area contributed by atoms with Gasteiger partial charge in [0.2, 0.25) is 5.91 Å². The molecule has 0 fully saturated rings. The molecule has 3 nitrogen and oxygen atoms in total. The van der Waals surface area contributed by atoms with E-state index in [0.29, 0.717) is 19.6 Å². The third-order valence-corrected chi connectivity index (χ3v) is 3.54. The van der Waals surface area contributed by atoms with Crippen LogP contribution in [0, 0.1) is 13.8 Å². The molecule has 2 rings (SSSR count). The maximum atomic E-state index is 12.2. The molecular formula is C19H23NO2. The lowest BCUT2D eigenvalue weighted by atomic mass is 10.0.